The fraction of sp³-hybridized carbons (Fsp3) is 0.800. The van der Waals surface area contributed by atoms with Gasteiger partial charge < -0.3 is 24.9 Å². The maximum absolute atomic E-state index is 11.3. The van der Waals surface area contributed by atoms with Crippen LogP contribution in [0.3, 0.4) is 0 Å². The molecule has 0 aromatic heterocycles. The zero-order valence-corrected chi connectivity index (χ0v) is 14.4. The summed E-state index contributed by atoms with van der Waals surface area (Å²) < 4.78 is 10.6. The van der Waals surface area contributed by atoms with Crippen LogP contribution in [0.15, 0.2) is 5.16 Å². The number of nitrogens with one attached hydrogen (secondary N) is 2. The average molecular weight is 331 g/mol. The van der Waals surface area contributed by atoms with E-state index in [2.05, 4.69) is 15.8 Å². The van der Waals surface area contributed by atoms with Crippen LogP contribution in [0.4, 0.5) is 0 Å². The minimum atomic E-state index is -0.243. The first-order valence-corrected chi connectivity index (χ1v) is 7.88. The highest BCUT2D eigenvalue weighted by molar-refractivity contribution is 5.79. The van der Waals surface area contributed by atoms with Gasteiger partial charge in [-0.1, -0.05) is 12.1 Å². The van der Waals surface area contributed by atoms with Crippen molar-refractivity contribution in [2.75, 3.05) is 46.1 Å². The lowest BCUT2D eigenvalue weighted by molar-refractivity contribution is -0.126. The third-order valence-corrected chi connectivity index (χ3v) is 2.43. The van der Waals surface area contributed by atoms with E-state index in [0.717, 1.165) is 12.1 Å². The predicted molar refractivity (Wildman–Crippen MR) is 87.3 cm³/mol. The van der Waals surface area contributed by atoms with Crippen LogP contribution >= 0.6 is 0 Å². The Kier molecular flexibility index (Phi) is 14.1. The number of ether oxygens (including phenoxy) is 2. The van der Waals surface area contributed by atoms with Crippen LogP contribution in [-0.4, -0.2) is 63.6 Å². The van der Waals surface area contributed by atoms with Gasteiger partial charge in [0, 0.05) is 19.5 Å². The summed E-state index contributed by atoms with van der Waals surface area (Å²) in [6, 6.07) is 0. The summed E-state index contributed by atoms with van der Waals surface area (Å²) in [5.74, 6) is -0.242. The van der Waals surface area contributed by atoms with Gasteiger partial charge in [-0.05, 0) is 20.3 Å². The van der Waals surface area contributed by atoms with Crippen LogP contribution in [-0.2, 0) is 23.9 Å². The summed E-state index contributed by atoms with van der Waals surface area (Å²) in [6.07, 6.45) is 1.28. The highest BCUT2D eigenvalue weighted by atomic mass is 16.6. The second kappa shape index (κ2) is 15.2. The van der Waals surface area contributed by atoms with Crippen LogP contribution in [0.2, 0.25) is 0 Å². The molecule has 0 heterocycles. The van der Waals surface area contributed by atoms with Gasteiger partial charge in [0.1, 0.15) is 0 Å². The van der Waals surface area contributed by atoms with Crippen molar-refractivity contribution in [3.05, 3.63) is 0 Å². The van der Waals surface area contributed by atoms with E-state index in [9.17, 15) is 9.59 Å². The molecular formula is C15H29N3O5. The van der Waals surface area contributed by atoms with Crippen LogP contribution < -0.4 is 10.6 Å². The first-order chi connectivity index (χ1) is 11.1. The molecule has 0 aliphatic heterocycles. The van der Waals surface area contributed by atoms with Gasteiger partial charge >= 0.3 is 0 Å². The number of amides is 2. The smallest absolute Gasteiger partial charge is 0.260 e. The van der Waals surface area contributed by atoms with Crippen molar-refractivity contribution in [1.29, 1.82) is 0 Å². The van der Waals surface area contributed by atoms with Crippen molar-refractivity contribution in [3.8, 4) is 0 Å². The summed E-state index contributed by atoms with van der Waals surface area (Å²) >= 11 is 0. The SMILES string of the molecule is CCCNC(=O)CCOCCOCCNC(=O)CON=C(C)C. The van der Waals surface area contributed by atoms with Crippen molar-refractivity contribution in [1.82, 2.24) is 10.6 Å². The van der Waals surface area contributed by atoms with E-state index in [1.165, 1.54) is 0 Å². The zero-order valence-electron chi connectivity index (χ0n) is 14.4. The summed E-state index contributed by atoms with van der Waals surface area (Å²) in [5.41, 5.74) is 0.754. The van der Waals surface area contributed by atoms with E-state index in [4.69, 9.17) is 14.3 Å². The molecule has 0 aromatic carbocycles. The van der Waals surface area contributed by atoms with Gasteiger partial charge in [-0.15, -0.1) is 0 Å². The normalized spacial score (nSPS) is 10.0. The Labute approximate surface area is 137 Å². The van der Waals surface area contributed by atoms with Gasteiger partial charge in [0.2, 0.25) is 5.91 Å². The van der Waals surface area contributed by atoms with E-state index >= 15 is 0 Å². The molecule has 8 nitrogen and oxygen atoms in total. The topological polar surface area (TPSA) is 98.2 Å². The van der Waals surface area contributed by atoms with Crippen LogP contribution in [0, 0.1) is 0 Å². The Hall–Kier alpha value is -1.67. The molecule has 0 fully saturated rings. The fourth-order valence-corrected chi connectivity index (χ4v) is 1.37. The molecule has 0 aromatic rings. The molecule has 0 unspecified atom stereocenters. The maximum atomic E-state index is 11.3. The van der Waals surface area contributed by atoms with Gasteiger partial charge in [-0.3, -0.25) is 9.59 Å². The molecule has 0 saturated carbocycles. The number of rotatable bonds is 14. The summed E-state index contributed by atoms with van der Waals surface area (Å²) in [5, 5.41) is 9.07. The van der Waals surface area contributed by atoms with Crippen LogP contribution in [0.25, 0.3) is 0 Å². The van der Waals surface area contributed by atoms with Gasteiger partial charge in [0.25, 0.3) is 5.91 Å². The number of carbonyl (C=O) groups excluding carboxylic acids is 2. The molecule has 2 N–H and O–H groups in total. The lowest BCUT2D eigenvalue weighted by Crippen LogP contribution is -2.30. The Bertz CT molecular complexity index is 357. The molecule has 0 saturated heterocycles. The number of hydrogen-bond acceptors (Lipinski definition) is 6. The third kappa shape index (κ3) is 16.5. The molecule has 8 heteroatoms. The van der Waals surface area contributed by atoms with Crippen molar-refractivity contribution >= 4 is 17.5 Å². The van der Waals surface area contributed by atoms with E-state index < -0.39 is 0 Å². The Morgan fingerprint density at radius 1 is 0.913 bits per heavy atom. The standard InChI is InChI=1S/C15H29N3O5/c1-4-6-16-14(19)5-8-21-10-11-22-9-7-17-15(20)12-23-18-13(2)3/h4-12H2,1-3H3,(H,16,19)(H,17,20). The molecule has 0 aliphatic carbocycles. The number of hydrogen-bond donors (Lipinski definition) is 2. The van der Waals surface area contributed by atoms with Gasteiger partial charge in [0.05, 0.1) is 32.1 Å². The molecule has 0 aliphatic rings. The lowest BCUT2D eigenvalue weighted by atomic mass is 10.4. The zero-order chi connectivity index (χ0) is 17.3. The second-order valence-corrected chi connectivity index (χ2v) is 4.99. The van der Waals surface area contributed by atoms with E-state index in [1.54, 1.807) is 13.8 Å². The lowest BCUT2D eigenvalue weighted by Gasteiger charge is -2.07. The summed E-state index contributed by atoms with van der Waals surface area (Å²) in [4.78, 5) is 27.4. The maximum Gasteiger partial charge on any atom is 0.260 e. The van der Waals surface area contributed by atoms with Crippen LogP contribution in [0.1, 0.15) is 33.6 Å². The second-order valence-electron chi connectivity index (χ2n) is 4.99. The van der Waals surface area contributed by atoms with Gasteiger partial charge in [-0.2, -0.15) is 0 Å². The quantitative estimate of drug-likeness (QED) is 0.274. The highest BCUT2D eigenvalue weighted by Gasteiger charge is 2.01. The molecule has 0 atom stereocenters. The predicted octanol–water partition coefficient (Wildman–Crippen LogP) is 0.465. The highest BCUT2D eigenvalue weighted by Crippen LogP contribution is 1.85. The number of oxime groups is 1. The van der Waals surface area contributed by atoms with Crippen molar-refractivity contribution in [2.45, 2.75) is 33.6 Å². The molecule has 0 rings (SSSR count). The average Bonchev–Trinajstić information content (AvgIpc) is 2.50. The summed E-state index contributed by atoms with van der Waals surface area (Å²) in [6.45, 7) is 8.17. The molecule has 134 valence electrons. The first-order valence-electron chi connectivity index (χ1n) is 7.88. The van der Waals surface area contributed by atoms with Crippen molar-refractivity contribution in [2.24, 2.45) is 5.16 Å². The largest absolute Gasteiger partial charge is 0.386 e. The third-order valence-electron chi connectivity index (χ3n) is 2.43. The monoisotopic (exact) mass is 331 g/mol. The van der Waals surface area contributed by atoms with E-state index in [1.807, 2.05) is 6.92 Å². The van der Waals surface area contributed by atoms with Gasteiger partial charge in [0.15, 0.2) is 6.61 Å². The Morgan fingerprint density at radius 2 is 1.57 bits per heavy atom. The minimum Gasteiger partial charge on any atom is -0.386 e. The molecule has 23 heavy (non-hydrogen) atoms. The number of nitrogens with zero attached hydrogens (tertiary/aromatic N) is 1. The number of carbonyl (C=O) groups is 2. The molecule has 2 amide bonds. The molecule has 0 bridgehead atoms. The molecule has 0 radical (unpaired) electrons. The first kappa shape index (κ1) is 21.3. The van der Waals surface area contributed by atoms with E-state index in [0.29, 0.717) is 45.9 Å². The van der Waals surface area contributed by atoms with E-state index in [-0.39, 0.29) is 18.4 Å². The van der Waals surface area contributed by atoms with Crippen molar-refractivity contribution in [3.63, 3.8) is 0 Å². The van der Waals surface area contributed by atoms with Gasteiger partial charge in [-0.25, -0.2) is 0 Å². The minimum absolute atomic E-state index is 0.000279. The Balaban J connectivity index is 3.28. The van der Waals surface area contributed by atoms with Crippen LogP contribution in [0.5, 0.6) is 0 Å². The van der Waals surface area contributed by atoms with Crippen molar-refractivity contribution < 1.29 is 23.9 Å². The fourth-order valence-electron chi connectivity index (χ4n) is 1.37. The summed E-state index contributed by atoms with van der Waals surface area (Å²) in [7, 11) is 0. The molecular weight excluding hydrogens is 302 g/mol. The Morgan fingerprint density at radius 3 is 2.22 bits per heavy atom. The molecule has 0 spiro atoms.